The van der Waals surface area contributed by atoms with Gasteiger partial charge in [-0.2, -0.15) is 0 Å². The summed E-state index contributed by atoms with van der Waals surface area (Å²) in [5, 5.41) is 6.55. The molecule has 0 radical (unpaired) electrons. The number of carbonyl (C=O) groups is 1. The molecule has 1 amide bonds. The molecule has 0 aromatic carbocycles. The summed E-state index contributed by atoms with van der Waals surface area (Å²) < 4.78 is 0. The minimum Gasteiger partial charge on any atom is -0.332 e. The van der Waals surface area contributed by atoms with E-state index >= 15 is 0 Å². The van der Waals surface area contributed by atoms with Crippen molar-refractivity contribution in [3.05, 3.63) is 23.3 Å². The van der Waals surface area contributed by atoms with Gasteiger partial charge >= 0.3 is 0 Å². The first-order chi connectivity index (χ1) is 7.16. The summed E-state index contributed by atoms with van der Waals surface area (Å²) >= 11 is 0. The minimum atomic E-state index is -0.0909. The van der Waals surface area contributed by atoms with Gasteiger partial charge in [0.2, 0.25) is 5.82 Å². The van der Waals surface area contributed by atoms with Crippen LogP contribution in [0.1, 0.15) is 29.8 Å². The van der Waals surface area contributed by atoms with Gasteiger partial charge in [-0.15, -0.1) is 5.10 Å². The molecule has 5 heteroatoms. The van der Waals surface area contributed by atoms with Crippen LogP contribution in [-0.4, -0.2) is 39.1 Å². The van der Waals surface area contributed by atoms with Gasteiger partial charge in [-0.05, 0) is 20.3 Å². The molecule has 0 aliphatic carbocycles. The molecule has 0 atom stereocenters. The number of carbonyl (C=O) groups excluding carboxylic acids is 1. The molecule has 1 N–H and O–H groups in total. The summed E-state index contributed by atoms with van der Waals surface area (Å²) in [5.41, 5.74) is 1.22. The lowest BCUT2D eigenvalue weighted by Crippen LogP contribution is -2.36. The van der Waals surface area contributed by atoms with Crippen LogP contribution in [0.2, 0.25) is 0 Å². The smallest absolute Gasteiger partial charge is 0.293 e. The molecular formula is C10H14N4O. The summed E-state index contributed by atoms with van der Waals surface area (Å²) in [4.78, 5) is 17.7. The molecule has 0 fully saturated rings. The van der Waals surface area contributed by atoms with Crippen LogP contribution in [0.15, 0.2) is 11.6 Å². The number of nitrogens with zero attached hydrogens (tertiary/aromatic N) is 3. The van der Waals surface area contributed by atoms with E-state index in [0.717, 1.165) is 13.0 Å². The van der Waals surface area contributed by atoms with Crippen LogP contribution in [0, 0.1) is 6.92 Å². The van der Waals surface area contributed by atoms with Crippen molar-refractivity contribution in [2.24, 2.45) is 0 Å². The Morgan fingerprint density at radius 3 is 2.93 bits per heavy atom. The highest BCUT2D eigenvalue weighted by Crippen LogP contribution is 2.10. The quantitative estimate of drug-likeness (QED) is 0.694. The molecule has 0 unspecified atom stereocenters. The van der Waals surface area contributed by atoms with Crippen molar-refractivity contribution in [3.8, 4) is 0 Å². The molecule has 1 aromatic heterocycles. The van der Waals surface area contributed by atoms with Crippen LogP contribution in [0.5, 0.6) is 0 Å². The number of aromatic amines is 1. The number of aryl methyl sites for hydroxylation is 1. The van der Waals surface area contributed by atoms with E-state index in [4.69, 9.17) is 0 Å². The van der Waals surface area contributed by atoms with Gasteiger partial charge in [0, 0.05) is 13.1 Å². The minimum absolute atomic E-state index is 0.0909. The van der Waals surface area contributed by atoms with E-state index in [-0.39, 0.29) is 11.7 Å². The zero-order valence-corrected chi connectivity index (χ0v) is 8.95. The summed E-state index contributed by atoms with van der Waals surface area (Å²) in [6.07, 6.45) is 3.08. The first kappa shape index (κ1) is 9.89. The van der Waals surface area contributed by atoms with E-state index in [1.165, 1.54) is 5.57 Å². The van der Waals surface area contributed by atoms with Crippen molar-refractivity contribution < 1.29 is 4.79 Å². The lowest BCUT2D eigenvalue weighted by atomic mass is 10.1. The number of aromatic nitrogens is 3. The molecule has 15 heavy (non-hydrogen) atoms. The predicted octanol–water partition coefficient (Wildman–Crippen LogP) is 0.905. The fourth-order valence-electron chi connectivity index (χ4n) is 1.66. The van der Waals surface area contributed by atoms with Crippen molar-refractivity contribution in [3.63, 3.8) is 0 Å². The van der Waals surface area contributed by atoms with Gasteiger partial charge in [-0.25, -0.2) is 4.98 Å². The third kappa shape index (κ3) is 2.06. The first-order valence-electron chi connectivity index (χ1n) is 5.01. The summed E-state index contributed by atoms with van der Waals surface area (Å²) in [6.45, 7) is 5.25. The van der Waals surface area contributed by atoms with Crippen LogP contribution in [0.25, 0.3) is 0 Å². The molecule has 0 saturated heterocycles. The summed E-state index contributed by atoms with van der Waals surface area (Å²) in [5.74, 6) is 0.844. The highest BCUT2D eigenvalue weighted by molar-refractivity contribution is 5.90. The van der Waals surface area contributed by atoms with Gasteiger partial charge in [0.1, 0.15) is 5.82 Å². The molecule has 5 nitrogen and oxygen atoms in total. The fourth-order valence-corrected chi connectivity index (χ4v) is 1.66. The molecule has 1 aromatic rings. The van der Waals surface area contributed by atoms with E-state index in [2.05, 4.69) is 21.3 Å². The second-order valence-electron chi connectivity index (χ2n) is 3.81. The lowest BCUT2D eigenvalue weighted by molar-refractivity contribution is 0.0754. The Morgan fingerprint density at radius 2 is 2.33 bits per heavy atom. The molecule has 0 bridgehead atoms. The third-order valence-corrected chi connectivity index (χ3v) is 2.41. The van der Waals surface area contributed by atoms with Crippen LogP contribution in [0.3, 0.4) is 0 Å². The monoisotopic (exact) mass is 206 g/mol. The van der Waals surface area contributed by atoms with Crippen LogP contribution >= 0.6 is 0 Å². The van der Waals surface area contributed by atoms with Crippen molar-refractivity contribution >= 4 is 5.91 Å². The maximum atomic E-state index is 11.9. The van der Waals surface area contributed by atoms with Crippen molar-refractivity contribution in [2.75, 3.05) is 13.1 Å². The second kappa shape index (κ2) is 3.84. The Bertz CT molecular complexity index is 407. The van der Waals surface area contributed by atoms with Crippen LogP contribution in [-0.2, 0) is 0 Å². The van der Waals surface area contributed by atoms with Crippen LogP contribution in [0.4, 0.5) is 0 Å². The zero-order valence-electron chi connectivity index (χ0n) is 8.95. The Hall–Kier alpha value is -1.65. The summed E-state index contributed by atoms with van der Waals surface area (Å²) in [7, 11) is 0. The van der Waals surface area contributed by atoms with E-state index < -0.39 is 0 Å². The van der Waals surface area contributed by atoms with Crippen molar-refractivity contribution in [1.29, 1.82) is 0 Å². The summed E-state index contributed by atoms with van der Waals surface area (Å²) in [6, 6.07) is 0. The number of nitrogens with one attached hydrogen (secondary N) is 1. The third-order valence-electron chi connectivity index (χ3n) is 2.41. The Kier molecular flexibility index (Phi) is 2.53. The molecule has 0 spiro atoms. The molecule has 1 aliphatic heterocycles. The average Bonchev–Trinajstić information content (AvgIpc) is 2.64. The fraction of sp³-hybridized carbons (Fsp3) is 0.500. The number of amides is 1. The van der Waals surface area contributed by atoms with Crippen molar-refractivity contribution in [2.45, 2.75) is 20.3 Å². The van der Waals surface area contributed by atoms with E-state index in [9.17, 15) is 4.79 Å². The maximum Gasteiger partial charge on any atom is 0.293 e. The van der Waals surface area contributed by atoms with E-state index in [1.54, 1.807) is 11.8 Å². The maximum absolute atomic E-state index is 11.9. The second-order valence-corrected chi connectivity index (χ2v) is 3.81. The van der Waals surface area contributed by atoms with Gasteiger partial charge in [-0.3, -0.25) is 9.89 Å². The van der Waals surface area contributed by atoms with Gasteiger partial charge in [-0.1, -0.05) is 11.6 Å². The van der Waals surface area contributed by atoms with Crippen molar-refractivity contribution in [1.82, 2.24) is 20.1 Å². The molecular weight excluding hydrogens is 192 g/mol. The molecule has 80 valence electrons. The highest BCUT2D eigenvalue weighted by Gasteiger charge is 2.21. The predicted molar refractivity (Wildman–Crippen MR) is 55.4 cm³/mol. The van der Waals surface area contributed by atoms with Gasteiger partial charge in [0.25, 0.3) is 5.91 Å². The van der Waals surface area contributed by atoms with Gasteiger partial charge in [0.05, 0.1) is 0 Å². The molecule has 1 aliphatic rings. The first-order valence-corrected chi connectivity index (χ1v) is 5.01. The number of H-pyrrole nitrogens is 1. The number of rotatable bonds is 1. The lowest BCUT2D eigenvalue weighted by Gasteiger charge is -2.24. The normalized spacial score (nSPS) is 16.4. The SMILES string of the molecule is CC1=CCCN(C(=O)c2n[nH]c(C)n2)C1. The Morgan fingerprint density at radius 1 is 1.53 bits per heavy atom. The average molecular weight is 206 g/mol. The Labute approximate surface area is 88.2 Å². The molecule has 0 saturated carbocycles. The zero-order chi connectivity index (χ0) is 10.8. The highest BCUT2D eigenvalue weighted by atomic mass is 16.2. The van der Waals surface area contributed by atoms with Crippen LogP contribution < -0.4 is 0 Å². The van der Waals surface area contributed by atoms with Gasteiger partial charge in [0.15, 0.2) is 0 Å². The Balaban J connectivity index is 2.12. The number of hydrogen-bond acceptors (Lipinski definition) is 3. The standard InChI is InChI=1S/C10H14N4O/c1-7-4-3-5-14(6-7)10(15)9-11-8(2)12-13-9/h4H,3,5-6H2,1-2H3,(H,11,12,13). The van der Waals surface area contributed by atoms with Gasteiger partial charge < -0.3 is 4.90 Å². The topological polar surface area (TPSA) is 61.9 Å². The number of hydrogen-bond donors (Lipinski definition) is 1. The molecule has 2 rings (SSSR count). The largest absolute Gasteiger partial charge is 0.332 e. The molecule has 2 heterocycles. The van der Waals surface area contributed by atoms with E-state index in [1.807, 2.05) is 6.92 Å². The van der Waals surface area contributed by atoms with E-state index in [0.29, 0.717) is 12.4 Å².